The van der Waals surface area contributed by atoms with Crippen LogP contribution in [-0.2, 0) is 0 Å². The molecule has 0 aliphatic rings. The molecule has 0 atom stereocenters. The van der Waals surface area contributed by atoms with Gasteiger partial charge in [-0.15, -0.1) is 0 Å². The minimum Gasteiger partial charge on any atom is -0.493 e. The highest BCUT2D eigenvalue weighted by atomic mass is 35.5. The highest BCUT2D eigenvalue weighted by Gasteiger charge is 2.13. The molecular weight excluding hydrogens is 294 g/mol. The number of rotatable bonds is 4. The average molecular weight is 308 g/mol. The Balaban J connectivity index is 2.29. The Hall–Kier alpha value is -2.34. The van der Waals surface area contributed by atoms with Crippen molar-refractivity contribution >= 4 is 23.2 Å². The van der Waals surface area contributed by atoms with Crippen LogP contribution in [0.4, 0.5) is 5.69 Å². The highest BCUT2D eigenvalue weighted by molar-refractivity contribution is 6.29. The van der Waals surface area contributed by atoms with Crippen molar-refractivity contribution < 1.29 is 14.3 Å². The molecule has 21 heavy (non-hydrogen) atoms. The predicted octanol–water partition coefficient (Wildman–Crippen LogP) is 2.71. The van der Waals surface area contributed by atoms with Crippen LogP contribution in [0.15, 0.2) is 24.5 Å². The molecule has 0 aliphatic heterocycles. The Morgan fingerprint density at radius 2 is 1.86 bits per heavy atom. The second kappa shape index (κ2) is 6.41. The molecule has 1 aromatic heterocycles. The lowest BCUT2D eigenvalue weighted by molar-refractivity contribution is 0.102. The van der Waals surface area contributed by atoms with Crippen molar-refractivity contribution in [2.24, 2.45) is 0 Å². The molecule has 7 heteroatoms. The Bertz CT molecular complexity index is 677. The van der Waals surface area contributed by atoms with Gasteiger partial charge in [0.25, 0.3) is 5.91 Å². The summed E-state index contributed by atoms with van der Waals surface area (Å²) in [7, 11) is 3.08. The second-order valence-corrected chi connectivity index (χ2v) is 4.59. The van der Waals surface area contributed by atoms with E-state index in [4.69, 9.17) is 21.1 Å². The number of halogens is 1. The van der Waals surface area contributed by atoms with Crippen LogP contribution in [-0.4, -0.2) is 30.1 Å². The Morgan fingerprint density at radius 1 is 1.19 bits per heavy atom. The Morgan fingerprint density at radius 3 is 2.48 bits per heavy atom. The number of hydrogen-bond donors (Lipinski definition) is 1. The van der Waals surface area contributed by atoms with E-state index in [1.54, 1.807) is 19.2 Å². The van der Waals surface area contributed by atoms with Gasteiger partial charge in [0.05, 0.1) is 26.6 Å². The molecule has 1 heterocycles. The molecule has 6 nitrogen and oxygen atoms in total. The van der Waals surface area contributed by atoms with Crippen LogP contribution in [0, 0.1) is 6.92 Å². The number of benzene rings is 1. The van der Waals surface area contributed by atoms with Gasteiger partial charge in [-0.2, -0.15) is 0 Å². The average Bonchev–Trinajstić information content (AvgIpc) is 2.48. The van der Waals surface area contributed by atoms with E-state index in [1.807, 2.05) is 6.92 Å². The van der Waals surface area contributed by atoms with Gasteiger partial charge < -0.3 is 14.8 Å². The van der Waals surface area contributed by atoms with Crippen LogP contribution in [0.1, 0.15) is 16.1 Å². The number of amides is 1. The summed E-state index contributed by atoms with van der Waals surface area (Å²) in [6, 6.07) is 3.46. The Kier molecular flexibility index (Phi) is 4.59. The first kappa shape index (κ1) is 15.1. The van der Waals surface area contributed by atoms with Gasteiger partial charge in [-0.3, -0.25) is 9.78 Å². The molecule has 0 aliphatic carbocycles. The Labute approximate surface area is 127 Å². The SMILES string of the molecule is COc1cc(C)c(NC(=O)c2cncc(Cl)n2)cc1OC. The molecular formula is C14H14ClN3O3. The summed E-state index contributed by atoms with van der Waals surface area (Å²) >= 11 is 5.72. The van der Waals surface area contributed by atoms with Crippen molar-refractivity contribution in [3.05, 3.63) is 40.9 Å². The number of nitrogens with zero attached hydrogens (tertiary/aromatic N) is 2. The minimum absolute atomic E-state index is 0.136. The van der Waals surface area contributed by atoms with Gasteiger partial charge in [0.1, 0.15) is 10.8 Å². The lowest BCUT2D eigenvalue weighted by atomic mass is 10.1. The van der Waals surface area contributed by atoms with Gasteiger partial charge in [0.2, 0.25) is 0 Å². The topological polar surface area (TPSA) is 73.3 Å². The predicted molar refractivity (Wildman–Crippen MR) is 79.3 cm³/mol. The zero-order valence-corrected chi connectivity index (χ0v) is 12.6. The minimum atomic E-state index is -0.402. The van der Waals surface area contributed by atoms with Crippen molar-refractivity contribution in [3.63, 3.8) is 0 Å². The van der Waals surface area contributed by atoms with E-state index in [1.165, 1.54) is 19.5 Å². The lowest BCUT2D eigenvalue weighted by Gasteiger charge is -2.13. The van der Waals surface area contributed by atoms with Crippen LogP contribution >= 0.6 is 11.6 Å². The third kappa shape index (κ3) is 3.41. The smallest absolute Gasteiger partial charge is 0.275 e. The summed E-state index contributed by atoms with van der Waals surface area (Å²) in [5.41, 5.74) is 1.56. The zero-order valence-electron chi connectivity index (χ0n) is 11.8. The second-order valence-electron chi connectivity index (χ2n) is 4.20. The van der Waals surface area contributed by atoms with Crippen LogP contribution in [0.5, 0.6) is 11.5 Å². The van der Waals surface area contributed by atoms with E-state index in [-0.39, 0.29) is 10.8 Å². The van der Waals surface area contributed by atoms with Crippen LogP contribution in [0.25, 0.3) is 0 Å². The molecule has 0 radical (unpaired) electrons. The largest absolute Gasteiger partial charge is 0.493 e. The number of aryl methyl sites for hydroxylation is 1. The molecule has 0 bridgehead atoms. The van der Waals surface area contributed by atoms with Crippen LogP contribution < -0.4 is 14.8 Å². The maximum atomic E-state index is 12.1. The standard InChI is InChI=1S/C14H14ClN3O3/c1-8-4-11(20-2)12(21-3)5-9(8)18-14(19)10-6-16-7-13(15)17-10/h4-7H,1-3H3,(H,18,19). The van der Waals surface area contributed by atoms with Gasteiger partial charge in [-0.05, 0) is 18.6 Å². The van der Waals surface area contributed by atoms with Crippen molar-refractivity contribution in [2.75, 3.05) is 19.5 Å². The quantitative estimate of drug-likeness (QED) is 0.940. The molecule has 1 aromatic carbocycles. The summed E-state index contributed by atoms with van der Waals surface area (Å²) in [6.07, 6.45) is 2.71. The van der Waals surface area contributed by atoms with Gasteiger partial charge in [0, 0.05) is 11.8 Å². The van der Waals surface area contributed by atoms with E-state index >= 15 is 0 Å². The fourth-order valence-corrected chi connectivity index (χ4v) is 1.90. The van der Waals surface area contributed by atoms with E-state index in [9.17, 15) is 4.79 Å². The molecule has 2 rings (SSSR count). The molecule has 110 valence electrons. The molecule has 0 saturated heterocycles. The van der Waals surface area contributed by atoms with Crippen molar-refractivity contribution in [3.8, 4) is 11.5 Å². The van der Waals surface area contributed by atoms with Crippen molar-refractivity contribution in [1.82, 2.24) is 9.97 Å². The summed E-state index contributed by atoms with van der Waals surface area (Å²) < 4.78 is 10.4. The number of carbonyl (C=O) groups is 1. The van der Waals surface area contributed by atoms with E-state index < -0.39 is 5.91 Å². The van der Waals surface area contributed by atoms with Gasteiger partial charge >= 0.3 is 0 Å². The third-order valence-corrected chi connectivity index (χ3v) is 3.00. The van der Waals surface area contributed by atoms with Crippen molar-refractivity contribution in [1.29, 1.82) is 0 Å². The molecule has 1 amide bonds. The summed E-state index contributed by atoms with van der Waals surface area (Å²) in [6.45, 7) is 1.85. The summed E-state index contributed by atoms with van der Waals surface area (Å²) in [5.74, 6) is 0.714. The maximum Gasteiger partial charge on any atom is 0.275 e. The number of ether oxygens (including phenoxy) is 2. The van der Waals surface area contributed by atoms with Crippen LogP contribution in [0.2, 0.25) is 5.15 Å². The monoisotopic (exact) mass is 307 g/mol. The number of anilines is 1. The first-order chi connectivity index (χ1) is 10.0. The van der Waals surface area contributed by atoms with Crippen molar-refractivity contribution in [2.45, 2.75) is 6.92 Å². The number of hydrogen-bond acceptors (Lipinski definition) is 5. The normalized spacial score (nSPS) is 10.1. The zero-order chi connectivity index (χ0) is 15.4. The number of methoxy groups -OCH3 is 2. The van der Waals surface area contributed by atoms with Gasteiger partial charge in [-0.1, -0.05) is 11.6 Å². The van der Waals surface area contributed by atoms with Gasteiger partial charge in [0.15, 0.2) is 11.5 Å². The van der Waals surface area contributed by atoms with E-state index in [2.05, 4.69) is 15.3 Å². The molecule has 0 saturated carbocycles. The molecule has 0 fully saturated rings. The lowest BCUT2D eigenvalue weighted by Crippen LogP contribution is -2.15. The maximum absolute atomic E-state index is 12.1. The first-order valence-electron chi connectivity index (χ1n) is 6.06. The summed E-state index contributed by atoms with van der Waals surface area (Å²) in [5, 5.41) is 2.90. The fourth-order valence-electron chi connectivity index (χ4n) is 1.75. The number of nitrogens with one attached hydrogen (secondary N) is 1. The van der Waals surface area contributed by atoms with E-state index in [0.717, 1.165) is 5.56 Å². The first-order valence-corrected chi connectivity index (χ1v) is 6.44. The third-order valence-electron chi connectivity index (χ3n) is 2.82. The van der Waals surface area contributed by atoms with E-state index in [0.29, 0.717) is 17.2 Å². The molecule has 0 unspecified atom stereocenters. The number of aromatic nitrogens is 2. The molecule has 0 spiro atoms. The fraction of sp³-hybridized carbons (Fsp3) is 0.214. The van der Waals surface area contributed by atoms with Gasteiger partial charge in [-0.25, -0.2) is 4.98 Å². The van der Waals surface area contributed by atoms with Crippen LogP contribution in [0.3, 0.4) is 0 Å². The number of carbonyl (C=O) groups excluding carboxylic acids is 1. The molecule has 1 N–H and O–H groups in total. The molecule has 2 aromatic rings. The highest BCUT2D eigenvalue weighted by Crippen LogP contribution is 2.33. The summed E-state index contributed by atoms with van der Waals surface area (Å²) in [4.78, 5) is 19.9.